The lowest BCUT2D eigenvalue weighted by molar-refractivity contribution is -0.138. The average molecular weight is 557 g/mol. The summed E-state index contributed by atoms with van der Waals surface area (Å²) in [6.45, 7) is 4.34. The summed E-state index contributed by atoms with van der Waals surface area (Å²) in [4.78, 5) is 29.2. The first kappa shape index (κ1) is 28.9. The molecule has 1 heterocycles. The third-order valence-corrected chi connectivity index (χ3v) is 9.44. The van der Waals surface area contributed by atoms with Gasteiger partial charge in [-0.2, -0.15) is 0 Å². The average Bonchev–Trinajstić information content (AvgIpc) is 3.67. The zero-order valence-corrected chi connectivity index (χ0v) is 23.8. The number of nitrogens with zero attached hydrogens (tertiary/aromatic N) is 1. The molecule has 2 saturated carbocycles. The van der Waals surface area contributed by atoms with Crippen molar-refractivity contribution in [2.45, 2.75) is 83.1 Å². The summed E-state index contributed by atoms with van der Waals surface area (Å²) in [6, 6.07) is 2.72. The van der Waals surface area contributed by atoms with Gasteiger partial charge in [0, 0.05) is 30.6 Å². The van der Waals surface area contributed by atoms with Gasteiger partial charge < -0.3 is 35.0 Å². The van der Waals surface area contributed by atoms with E-state index in [9.17, 15) is 24.9 Å². The van der Waals surface area contributed by atoms with E-state index >= 15 is 0 Å². The highest BCUT2D eigenvalue weighted by Crippen LogP contribution is 2.52. The highest BCUT2D eigenvalue weighted by molar-refractivity contribution is 5.96. The van der Waals surface area contributed by atoms with Crippen LogP contribution in [-0.4, -0.2) is 77.1 Å². The van der Waals surface area contributed by atoms with Crippen LogP contribution in [0.15, 0.2) is 23.8 Å². The smallest absolute Gasteiger partial charge is 0.247 e. The molecule has 4 aliphatic rings. The molecule has 1 aliphatic heterocycles. The number of aliphatic hydroxyl groups excluding tert-OH is 3. The SMILES string of the molecule is COc1cc(CO)cc2c1OC1C2C(C(=O)NCCO)=CC(N(CCC(C)C)C(=O)CC2CC3CCC2C3)C1O. The number of benzene rings is 1. The van der Waals surface area contributed by atoms with Crippen molar-refractivity contribution in [3.63, 3.8) is 0 Å². The Morgan fingerprint density at radius 1 is 1.20 bits per heavy atom. The zero-order valence-electron chi connectivity index (χ0n) is 23.8. The van der Waals surface area contributed by atoms with Crippen molar-refractivity contribution in [3.05, 3.63) is 34.9 Å². The molecule has 220 valence electrons. The van der Waals surface area contributed by atoms with Crippen molar-refractivity contribution < 1.29 is 34.4 Å². The Labute approximate surface area is 236 Å². The number of carbonyl (C=O) groups is 2. The largest absolute Gasteiger partial charge is 0.493 e. The Balaban J connectivity index is 1.51. The molecule has 5 rings (SSSR count). The maximum atomic E-state index is 13.9. The first-order valence-electron chi connectivity index (χ1n) is 14.8. The minimum atomic E-state index is -1.08. The standard InChI is InChI=1S/C31H44N2O7/c1-17(2)6-8-33(26(36)14-21-11-18-4-5-20(21)10-18)24-15-23(31(38)32-7-9-34)27-22-12-19(16-35)13-25(39-3)29(22)40-30(27)28(24)37/h12-13,15,17-18,20-21,24,27-28,30,34-35,37H,4-11,14,16H2,1-3H3,(H,32,38). The molecule has 7 atom stereocenters. The van der Waals surface area contributed by atoms with E-state index in [0.29, 0.717) is 58.9 Å². The summed E-state index contributed by atoms with van der Waals surface area (Å²) < 4.78 is 11.9. The normalized spacial score (nSPS) is 30.0. The van der Waals surface area contributed by atoms with E-state index in [4.69, 9.17) is 9.47 Å². The third-order valence-electron chi connectivity index (χ3n) is 9.44. The first-order chi connectivity index (χ1) is 19.2. The molecular formula is C31H44N2O7. The quantitative estimate of drug-likeness (QED) is 0.330. The molecule has 0 radical (unpaired) electrons. The number of aliphatic hydroxyl groups is 3. The van der Waals surface area contributed by atoms with Gasteiger partial charge in [0.1, 0.15) is 12.2 Å². The fraction of sp³-hybridized carbons (Fsp3) is 0.677. The highest BCUT2D eigenvalue weighted by atomic mass is 16.5. The van der Waals surface area contributed by atoms with Gasteiger partial charge in [0.2, 0.25) is 11.8 Å². The maximum absolute atomic E-state index is 13.9. The molecule has 1 aromatic carbocycles. The van der Waals surface area contributed by atoms with E-state index in [0.717, 1.165) is 18.8 Å². The van der Waals surface area contributed by atoms with E-state index in [-0.39, 0.29) is 31.6 Å². The molecule has 4 N–H and O–H groups in total. The monoisotopic (exact) mass is 556 g/mol. The minimum Gasteiger partial charge on any atom is -0.493 e. The molecule has 3 aliphatic carbocycles. The molecule has 9 heteroatoms. The minimum absolute atomic E-state index is 0.0164. The molecule has 0 aromatic heterocycles. The van der Waals surface area contributed by atoms with E-state index in [1.54, 1.807) is 23.1 Å². The molecule has 1 aromatic rings. The number of hydrogen-bond donors (Lipinski definition) is 4. The topological polar surface area (TPSA) is 129 Å². The van der Waals surface area contributed by atoms with Crippen molar-refractivity contribution in [1.29, 1.82) is 0 Å². The molecule has 9 nitrogen and oxygen atoms in total. The Bertz CT molecular complexity index is 1130. The van der Waals surface area contributed by atoms with Crippen LogP contribution in [0.4, 0.5) is 0 Å². The van der Waals surface area contributed by atoms with E-state index < -0.39 is 24.2 Å². The van der Waals surface area contributed by atoms with Crippen LogP contribution in [0.1, 0.15) is 69.4 Å². The second-order valence-corrected chi connectivity index (χ2v) is 12.4. The van der Waals surface area contributed by atoms with Crippen LogP contribution in [0.2, 0.25) is 0 Å². The Hall–Kier alpha value is -2.62. The van der Waals surface area contributed by atoms with Crippen molar-refractivity contribution in [3.8, 4) is 11.5 Å². The lowest BCUT2D eigenvalue weighted by Gasteiger charge is -2.41. The lowest BCUT2D eigenvalue weighted by atomic mass is 9.77. The van der Waals surface area contributed by atoms with Crippen LogP contribution in [0, 0.1) is 23.7 Å². The van der Waals surface area contributed by atoms with E-state index in [1.165, 1.54) is 26.4 Å². The van der Waals surface area contributed by atoms with E-state index in [2.05, 4.69) is 19.2 Å². The lowest BCUT2D eigenvalue weighted by Crippen LogP contribution is -2.56. The van der Waals surface area contributed by atoms with Crippen LogP contribution >= 0.6 is 0 Å². The highest BCUT2D eigenvalue weighted by Gasteiger charge is 2.52. The summed E-state index contributed by atoms with van der Waals surface area (Å²) in [5, 5.41) is 33.8. The van der Waals surface area contributed by atoms with Gasteiger partial charge in [-0.15, -0.1) is 0 Å². The number of rotatable bonds is 11. The summed E-state index contributed by atoms with van der Waals surface area (Å²) in [5.74, 6) is 1.94. The number of amides is 2. The third kappa shape index (κ3) is 5.48. The molecule has 7 unspecified atom stereocenters. The molecule has 2 fully saturated rings. The van der Waals surface area contributed by atoms with Crippen LogP contribution in [-0.2, 0) is 16.2 Å². The molecule has 0 saturated heterocycles. The predicted molar refractivity (Wildman–Crippen MR) is 149 cm³/mol. The molecule has 0 spiro atoms. The Morgan fingerprint density at radius 3 is 2.62 bits per heavy atom. The van der Waals surface area contributed by atoms with Crippen molar-refractivity contribution >= 4 is 11.8 Å². The summed E-state index contributed by atoms with van der Waals surface area (Å²) >= 11 is 0. The number of fused-ring (bicyclic) bond motifs is 5. The predicted octanol–water partition coefficient (Wildman–Crippen LogP) is 2.51. The molecule has 2 amide bonds. The van der Waals surface area contributed by atoms with Crippen molar-refractivity contribution in [2.24, 2.45) is 23.7 Å². The van der Waals surface area contributed by atoms with E-state index in [1.807, 2.05) is 0 Å². The van der Waals surface area contributed by atoms with Crippen LogP contribution < -0.4 is 14.8 Å². The van der Waals surface area contributed by atoms with Crippen LogP contribution in [0.5, 0.6) is 11.5 Å². The number of methoxy groups -OCH3 is 1. The van der Waals surface area contributed by atoms with Gasteiger partial charge in [0.25, 0.3) is 0 Å². The fourth-order valence-electron chi connectivity index (χ4n) is 7.42. The van der Waals surface area contributed by atoms with Gasteiger partial charge in [0.05, 0.1) is 32.3 Å². The molecule has 40 heavy (non-hydrogen) atoms. The zero-order chi connectivity index (χ0) is 28.6. The summed E-state index contributed by atoms with van der Waals surface area (Å²) in [5.41, 5.74) is 1.64. The number of hydrogen-bond acceptors (Lipinski definition) is 7. The van der Waals surface area contributed by atoms with Gasteiger partial charge in [-0.25, -0.2) is 0 Å². The molecular weight excluding hydrogens is 512 g/mol. The number of ether oxygens (including phenoxy) is 2. The van der Waals surface area contributed by atoms with Gasteiger partial charge in [-0.1, -0.05) is 20.3 Å². The van der Waals surface area contributed by atoms with Crippen LogP contribution in [0.25, 0.3) is 0 Å². The van der Waals surface area contributed by atoms with Crippen LogP contribution in [0.3, 0.4) is 0 Å². The summed E-state index contributed by atoms with van der Waals surface area (Å²) in [7, 11) is 1.51. The number of carbonyl (C=O) groups excluding carboxylic acids is 2. The second kappa shape index (κ2) is 12.1. The first-order valence-corrected chi connectivity index (χ1v) is 14.8. The van der Waals surface area contributed by atoms with Gasteiger partial charge in [-0.05, 0) is 73.1 Å². The number of nitrogens with one attached hydrogen (secondary N) is 1. The molecule has 2 bridgehead atoms. The van der Waals surface area contributed by atoms with Crippen molar-refractivity contribution in [2.75, 3.05) is 26.8 Å². The maximum Gasteiger partial charge on any atom is 0.247 e. The van der Waals surface area contributed by atoms with Gasteiger partial charge in [0.15, 0.2) is 11.5 Å². The van der Waals surface area contributed by atoms with Crippen molar-refractivity contribution in [1.82, 2.24) is 10.2 Å². The Kier molecular flexibility index (Phi) is 8.73. The summed E-state index contributed by atoms with van der Waals surface area (Å²) in [6.07, 6.45) is 5.85. The van der Waals surface area contributed by atoms with Gasteiger partial charge in [-0.3, -0.25) is 9.59 Å². The second-order valence-electron chi connectivity index (χ2n) is 12.4. The Morgan fingerprint density at radius 2 is 2.00 bits per heavy atom. The van der Waals surface area contributed by atoms with Gasteiger partial charge >= 0.3 is 0 Å². The fourth-order valence-corrected chi connectivity index (χ4v) is 7.42.